The SMILES string of the molecule is Cc1ccccc1CCNC(c1cccs1)C1CCCC1. The molecule has 1 aliphatic rings. The Morgan fingerprint density at radius 3 is 2.67 bits per heavy atom. The Morgan fingerprint density at radius 1 is 1.14 bits per heavy atom. The van der Waals surface area contributed by atoms with Gasteiger partial charge in [0.2, 0.25) is 0 Å². The third kappa shape index (κ3) is 3.75. The lowest BCUT2D eigenvalue weighted by molar-refractivity contribution is 0.374. The highest BCUT2D eigenvalue weighted by molar-refractivity contribution is 7.10. The van der Waals surface area contributed by atoms with Crippen LogP contribution < -0.4 is 5.32 Å². The van der Waals surface area contributed by atoms with Crippen LogP contribution in [0.2, 0.25) is 0 Å². The molecule has 1 N–H and O–H groups in total. The first-order valence-electron chi connectivity index (χ1n) is 8.16. The van der Waals surface area contributed by atoms with Crippen LogP contribution in [0.4, 0.5) is 0 Å². The number of thiophene rings is 1. The second-order valence-corrected chi connectivity index (χ2v) is 7.15. The molecule has 3 rings (SSSR count). The highest BCUT2D eigenvalue weighted by Gasteiger charge is 2.26. The quantitative estimate of drug-likeness (QED) is 0.780. The minimum absolute atomic E-state index is 0.566. The Hall–Kier alpha value is -1.12. The van der Waals surface area contributed by atoms with Gasteiger partial charge in [0.05, 0.1) is 0 Å². The Kier molecular flexibility index (Phi) is 5.10. The van der Waals surface area contributed by atoms with Gasteiger partial charge in [0.15, 0.2) is 0 Å². The van der Waals surface area contributed by atoms with E-state index < -0.39 is 0 Å². The molecule has 2 aromatic rings. The lowest BCUT2D eigenvalue weighted by Crippen LogP contribution is -2.28. The monoisotopic (exact) mass is 299 g/mol. The van der Waals surface area contributed by atoms with E-state index in [1.807, 2.05) is 11.3 Å². The first-order valence-corrected chi connectivity index (χ1v) is 9.04. The number of nitrogens with one attached hydrogen (secondary N) is 1. The van der Waals surface area contributed by atoms with Crippen molar-refractivity contribution in [1.82, 2.24) is 5.32 Å². The van der Waals surface area contributed by atoms with Gasteiger partial charge in [-0.3, -0.25) is 0 Å². The molecule has 0 bridgehead atoms. The number of rotatable bonds is 6. The van der Waals surface area contributed by atoms with E-state index >= 15 is 0 Å². The zero-order valence-electron chi connectivity index (χ0n) is 12.8. The largest absolute Gasteiger partial charge is 0.309 e. The fourth-order valence-electron chi connectivity index (χ4n) is 3.51. The van der Waals surface area contributed by atoms with Crippen LogP contribution in [-0.2, 0) is 6.42 Å². The van der Waals surface area contributed by atoms with Crippen LogP contribution in [0.3, 0.4) is 0 Å². The summed E-state index contributed by atoms with van der Waals surface area (Å²) in [5.74, 6) is 0.834. The summed E-state index contributed by atoms with van der Waals surface area (Å²) in [5.41, 5.74) is 2.88. The molecule has 21 heavy (non-hydrogen) atoms. The molecule has 1 nitrogen and oxygen atoms in total. The molecule has 1 aliphatic carbocycles. The van der Waals surface area contributed by atoms with E-state index in [0.717, 1.165) is 18.9 Å². The van der Waals surface area contributed by atoms with Crippen molar-refractivity contribution in [2.24, 2.45) is 5.92 Å². The molecule has 1 atom stereocenters. The third-order valence-corrected chi connectivity index (χ3v) is 5.70. The predicted molar refractivity (Wildman–Crippen MR) is 91.9 cm³/mol. The van der Waals surface area contributed by atoms with Gasteiger partial charge in [-0.2, -0.15) is 0 Å². The predicted octanol–water partition coefficient (Wildman–Crippen LogP) is 5.12. The van der Waals surface area contributed by atoms with Crippen LogP contribution in [0, 0.1) is 12.8 Å². The Bertz CT molecular complexity index is 540. The van der Waals surface area contributed by atoms with Crippen molar-refractivity contribution in [2.45, 2.75) is 45.1 Å². The number of hydrogen-bond acceptors (Lipinski definition) is 2. The van der Waals surface area contributed by atoms with E-state index in [9.17, 15) is 0 Å². The topological polar surface area (TPSA) is 12.0 Å². The summed E-state index contributed by atoms with van der Waals surface area (Å²) >= 11 is 1.90. The Labute approximate surface area is 132 Å². The molecule has 1 aromatic heterocycles. The summed E-state index contributed by atoms with van der Waals surface area (Å²) in [6.45, 7) is 3.28. The van der Waals surface area contributed by atoms with Crippen molar-refractivity contribution in [3.05, 3.63) is 57.8 Å². The lowest BCUT2D eigenvalue weighted by Gasteiger charge is -2.24. The fraction of sp³-hybridized carbons (Fsp3) is 0.474. The second-order valence-electron chi connectivity index (χ2n) is 6.17. The molecular weight excluding hydrogens is 274 g/mol. The Balaban J connectivity index is 1.61. The highest BCUT2D eigenvalue weighted by Crippen LogP contribution is 2.37. The van der Waals surface area contributed by atoms with E-state index in [2.05, 4.69) is 54.0 Å². The third-order valence-electron chi connectivity index (χ3n) is 4.74. The molecule has 0 aliphatic heterocycles. The zero-order valence-corrected chi connectivity index (χ0v) is 13.7. The molecule has 0 radical (unpaired) electrons. The van der Waals surface area contributed by atoms with Crippen LogP contribution in [0.1, 0.15) is 47.7 Å². The second kappa shape index (κ2) is 7.24. The lowest BCUT2D eigenvalue weighted by atomic mass is 9.96. The van der Waals surface area contributed by atoms with Crippen LogP contribution in [0.5, 0.6) is 0 Å². The van der Waals surface area contributed by atoms with Crippen LogP contribution in [-0.4, -0.2) is 6.54 Å². The van der Waals surface area contributed by atoms with Crippen molar-refractivity contribution in [3.8, 4) is 0 Å². The van der Waals surface area contributed by atoms with Gasteiger partial charge in [0.1, 0.15) is 0 Å². The first-order chi connectivity index (χ1) is 10.3. The molecule has 1 heterocycles. The van der Waals surface area contributed by atoms with Gasteiger partial charge in [0.25, 0.3) is 0 Å². The number of aryl methyl sites for hydroxylation is 1. The zero-order chi connectivity index (χ0) is 14.5. The summed E-state index contributed by atoms with van der Waals surface area (Å²) in [4.78, 5) is 1.52. The molecule has 0 saturated heterocycles. The minimum Gasteiger partial charge on any atom is -0.309 e. The average molecular weight is 299 g/mol. The first kappa shape index (κ1) is 14.8. The van der Waals surface area contributed by atoms with Crippen molar-refractivity contribution < 1.29 is 0 Å². The van der Waals surface area contributed by atoms with Gasteiger partial charge < -0.3 is 5.32 Å². The molecule has 1 aromatic carbocycles. The highest BCUT2D eigenvalue weighted by atomic mass is 32.1. The van der Waals surface area contributed by atoms with Crippen molar-refractivity contribution in [2.75, 3.05) is 6.54 Å². The molecule has 1 saturated carbocycles. The number of benzene rings is 1. The Morgan fingerprint density at radius 2 is 1.95 bits per heavy atom. The van der Waals surface area contributed by atoms with Crippen molar-refractivity contribution in [1.29, 1.82) is 0 Å². The maximum Gasteiger partial charge on any atom is 0.0443 e. The average Bonchev–Trinajstić information content (AvgIpc) is 3.19. The molecule has 2 heteroatoms. The maximum atomic E-state index is 3.85. The van der Waals surface area contributed by atoms with Gasteiger partial charge >= 0.3 is 0 Å². The van der Waals surface area contributed by atoms with E-state index in [1.54, 1.807) is 0 Å². The summed E-state index contributed by atoms with van der Waals surface area (Å²) in [6.07, 6.45) is 6.72. The summed E-state index contributed by atoms with van der Waals surface area (Å²) in [7, 11) is 0. The molecule has 0 spiro atoms. The van der Waals surface area contributed by atoms with Gasteiger partial charge in [-0.1, -0.05) is 43.2 Å². The van der Waals surface area contributed by atoms with E-state index in [0.29, 0.717) is 6.04 Å². The summed E-state index contributed by atoms with van der Waals surface area (Å²) in [5, 5.41) is 6.06. The number of hydrogen-bond donors (Lipinski definition) is 1. The minimum atomic E-state index is 0.566. The summed E-state index contributed by atoms with van der Waals surface area (Å²) < 4.78 is 0. The molecule has 1 fully saturated rings. The van der Waals surface area contributed by atoms with Crippen molar-refractivity contribution >= 4 is 11.3 Å². The normalized spacial score (nSPS) is 17.2. The van der Waals surface area contributed by atoms with Gasteiger partial charge in [-0.25, -0.2) is 0 Å². The van der Waals surface area contributed by atoms with Gasteiger partial charge in [-0.05, 0) is 61.2 Å². The van der Waals surface area contributed by atoms with Crippen molar-refractivity contribution in [3.63, 3.8) is 0 Å². The van der Waals surface area contributed by atoms with Crippen LogP contribution >= 0.6 is 11.3 Å². The van der Waals surface area contributed by atoms with Crippen LogP contribution in [0.25, 0.3) is 0 Å². The van der Waals surface area contributed by atoms with E-state index in [-0.39, 0.29) is 0 Å². The fourth-order valence-corrected chi connectivity index (χ4v) is 4.41. The van der Waals surface area contributed by atoms with E-state index in [1.165, 1.54) is 41.7 Å². The molecule has 1 unspecified atom stereocenters. The molecular formula is C19H25NS. The molecule has 112 valence electrons. The van der Waals surface area contributed by atoms with Gasteiger partial charge in [0, 0.05) is 10.9 Å². The van der Waals surface area contributed by atoms with Crippen LogP contribution in [0.15, 0.2) is 41.8 Å². The molecule has 0 amide bonds. The standard InChI is InChI=1S/C19H25NS/c1-15-7-2-3-8-16(15)12-13-20-19(17-9-4-5-10-17)18-11-6-14-21-18/h2-3,6-8,11,14,17,19-20H,4-5,9-10,12-13H2,1H3. The summed E-state index contributed by atoms with van der Waals surface area (Å²) in [6, 6.07) is 13.8. The smallest absolute Gasteiger partial charge is 0.0443 e. The maximum absolute atomic E-state index is 3.85. The van der Waals surface area contributed by atoms with Gasteiger partial charge in [-0.15, -0.1) is 11.3 Å². The van der Waals surface area contributed by atoms with E-state index in [4.69, 9.17) is 0 Å².